The Bertz CT molecular complexity index is 4290. The van der Waals surface area contributed by atoms with Crippen molar-refractivity contribution in [3.8, 4) is 50.7 Å². The Morgan fingerprint density at radius 1 is 0.307 bits per heavy atom. The number of benzene rings is 9. The normalized spacial score (nSPS) is 12.0. The minimum absolute atomic E-state index is 0.655. The van der Waals surface area contributed by atoms with Crippen LogP contribution in [0.1, 0.15) is 67.3 Å². The summed E-state index contributed by atoms with van der Waals surface area (Å²) in [5.41, 5.74) is 29.0. The molecule has 0 N–H and O–H groups in total. The average Bonchev–Trinajstić information content (AvgIpc) is 4.06. The summed E-state index contributed by atoms with van der Waals surface area (Å²) in [6, 6.07) is 54.3. The molecule has 0 saturated heterocycles. The fourth-order valence-corrected chi connectivity index (χ4v) is 12.6. The lowest BCUT2D eigenvalue weighted by Gasteiger charge is -2.23. The van der Waals surface area contributed by atoms with Crippen LogP contribution < -0.4 is 0 Å². The first-order chi connectivity index (χ1) is 36.2. The number of fused-ring (bicyclic) bond motifs is 9. The average molecular weight is 973 g/mol. The summed E-state index contributed by atoms with van der Waals surface area (Å²) in [5, 5.41) is 7.67. The molecule has 0 radical (unpaired) electrons. The van der Waals surface area contributed by atoms with E-state index >= 15 is 0 Å². The molecule has 4 aromatic heterocycles. The molecule has 0 aliphatic rings. The molecule has 0 atom stereocenters. The maximum Gasteiger partial charge on any atom is 0.163 e. The van der Waals surface area contributed by atoms with Crippen molar-refractivity contribution in [1.29, 1.82) is 0 Å². The van der Waals surface area contributed by atoms with E-state index in [1.54, 1.807) is 0 Å². The van der Waals surface area contributed by atoms with Crippen LogP contribution >= 0.6 is 0 Å². The number of aryl methyl sites for hydroxylation is 8. The minimum atomic E-state index is 0.655. The van der Waals surface area contributed by atoms with Crippen molar-refractivity contribution in [2.75, 3.05) is 0 Å². The molecule has 0 saturated carbocycles. The van der Waals surface area contributed by atoms with Crippen molar-refractivity contribution in [2.45, 2.75) is 83.1 Å². The number of hydrogen-bond acceptors (Lipinski definition) is 3. The van der Waals surface area contributed by atoms with E-state index in [1.807, 2.05) is 13.8 Å². The van der Waals surface area contributed by atoms with Crippen LogP contribution in [0.4, 0.5) is 0 Å². The van der Waals surface area contributed by atoms with E-state index in [4.69, 9.17) is 9.97 Å². The molecule has 13 aromatic rings. The zero-order valence-electron chi connectivity index (χ0n) is 45.0. The van der Waals surface area contributed by atoms with Gasteiger partial charge >= 0.3 is 0 Å². The van der Waals surface area contributed by atoms with Gasteiger partial charge in [-0.05, 0) is 212 Å². The molecule has 0 amide bonds. The van der Waals surface area contributed by atoms with Crippen LogP contribution in [0.25, 0.3) is 116 Å². The van der Waals surface area contributed by atoms with E-state index in [2.05, 4.69) is 234 Å². The minimum Gasteiger partial charge on any atom is -0.309 e. The van der Waals surface area contributed by atoms with E-state index in [0.29, 0.717) is 17.5 Å². The Morgan fingerprint density at radius 2 is 0.693 bits per heavy atom. The van der Waals surface area contributed by atoms with E-state index in [0.717, 1.165) is 44.9 Å². The molecule has 0 unspecified atom stereocenters. The molecule has 6 nitrogen and oxygen atoms in total. The maximum atomic E-state index is 5.05. The van der Waals surface area contributed by atoms with Gasteiger partial charge in [0.05, 0.1) is 38.8 Å². The summed E-state index contributed by atoms with van der Waals surface area (Å²) in [6.45, 7) is 26.8. The van der Waals surface area contributed by atoms with Crippen LogP contribution in [0.3, 0.4) is 0 Å². The van der Waals surface area contributed by atoms with E-state index in [-0.39, 0.29) is 0 Å². The smallest absolute Gasteiger partial charge is 0.163 e. The second-order valence-corrected chi connectivity index (χ2v) is 21.3. The third kappa shape index (κ3) is 6.88. The first kappa shape index (κ1) is 46.2. The van der Waals surface area contributed by atoms with Crippen LogP contribution in [0.15, 0.2) is 146 Å². The molecule has 4 heterocycles. The molecule has 366 valence electrons. The summed E-state index contributed by atoms with van der Waals surface area (Å²) in [6.07, 6.45) is 0. The highest BCUT2D eigenvalue weighted by molar-refractivity contribution is 6.17. The topological polar surface area (TPSA) is 53.5 Å². The monoisotopic (exact) mass is 972 g/mol. The predicted octanol–water partition coefficient (Wildman–Crippen LogP) is 17.9. The van der Waals surface area contributed by atoms with Crippen LogP contribution in [0.2, 0.25) is 0 Å². The lowest BCUT2D eigenvalue weighted by atomic mass is 9.90. The lowest BCUT2D eigenvalue weighted by molar-refractivity contribution is 0.928. The van der Waals surface area contributed by atoms with Gasteiger partial charge in [-0.1, -0.05) is 83.9 Å². The van der Waals surface area contributed by atoms with Gasteiger partial charge in [-0.15, -0.1) is 0 Å². The van der Waals surface area contributed by atoms with Crippen molar-refractivity contribution >= 4 is 65.4 Å². The Kier molecular flexibility index (Phi) is 10.5. The summed E-state index contributed by atoms with van der Waals surface area (Å²) in [7, 11) is 0. The summed E-state index contributed by atoms with van der Waals surface area (Å²) in [4.78, 5) is 14.7. The van der Waals surface area contributed by atoms with Gasteiger partial charge in [-0.2, -0.15) is 0 Å². The molecule has 0 fully saturated rings. The second kappa shape index (κ2) is 17.0. The highest BCUT2D eigenvalue weighted by atomic mass is 15.0. The Morgan fingerprint density at radius 3 is 1.12 bits per heavy atom. The van der Waals surface area contributed by atoms with Crippen LogP contribution in [-0.2, 0) is 0 Å². The summed E-state index contributed by atoms with van der Waals surface area (Å²) >= 11 is 0. The standard InChI is InChI=1S/C69H60N6/c1-37-21-31-62-58(33-37)54-17-13-15-19-60(54)73(62)52-27-23-49(24-28-52)56-35-51(69-71-47(11)70-48(12)72-69)36-57(50-25-29-53(30-26-50)74-61-20-16-14-18-55(61)59-34-38(2)22-32-63(59)74)68(56)75-66-45(9)41(5)39(3)43(7)64(66)65-44(8)40(4)42(6)46(10)67(65)75/h13-36H,1-12H3. The second-order valence-electron chi connectivity index (χ2n) is 21.3. The molecule has 0 aliphatic heterocycles. The molecular formula is C69H60N6. The van der Waals surface area contributed by atoms with Crippen molar-refractivity contribution < 1.29 is 0 Å². The van der Waals surface area contributed by atoms with Gasteiger partial charge in [0.2, 0.25) is 0 Å². The van der Waals surface area contributed by atoms with Gasteiger partial charge in [0.15, 0.2) is 5.82 Å². The molecule has 6 heteroatoms. The van der Waals surface area contributed by atoms with Crippen LogP contribution in [0.5, 0.6) is 0 Å². The van der Waals surface area contributed by atoms with Gasteiger partial charge in [0.25, 0.3) is 0 Å². The molecular weight excluding hydrogens is 913 g/mol. The number of nitrogens with zero attached hydrogens (tertiary/aromatic N) is 6. The first-order valence-electron chi connectivity index (χ1n) is 26.3. The van der Waals surface area contributed by atoms with Crippen LogP contribution in [0, 0.1) is 83.1 Å². The highest BCUT2D eigenvalue weighted by Crippen LogP contribution is 2.49. The zero-order valence-corrected chi connectivity index (χ0v) is 45.0. The predicted molar refractivity (Wildman–Crippen MR) is 316 cm³/mol. The van der Waals surface area contributed by atoms with E-state index in [9.17, 15) is 0 Å². The SMILES string of the molecule is Cc1ccc2c(c1)c1ccccc1n2-c1ccc(-c2cc(-c3nc(C)nc(C)n3)cc(-c3ccc(-n4c5ccccc5c5cc(C)ccc54)cc3)c2-n2c3c(C)c(C)c(C)c(C)c3c3c(C)c(C)c(C)c(C)c32)cc1. The quantitative estimate of drug-likeness (QED) is 0.167. The third-order valence-corrected chi connectivity index (χ3v) is 17.0. The van der Waals surface area contributed by atoms with Crippen LogP contribution in [-0.4, -0.2) is 28.7 Å². The molecule has 9 aromatic carbocycles. The lowest BCUT2D eigenvalue weighted by Crippen LogP contribution is -2.06. The highest BCUT2D eigenvalue weighted by Gasteiger charge is 2.29. The van der Waals surface area contributed by atoms with Gasteiger partial charge in [-0.3, -0.25) is 0 Å². The number of para-hydroxylation sites is 2. The fraction of sp³-hybridized carbons (Fsp3) is 0.174. The molecule has 0 bridgehead atoms. The number of rotatable bonds is 6. The largest absolute Gasteiger partial charge is 0.309 e. The molecule has 13 rings (SSSR count). The Hall–Kier alpha value is -8.61. The van der Waals surface area contributed by atoms with Crippen molar-refractivity contribution in [2.24, 2.45) is 0 Å². The van der Waals surface area contributed by atoms with Gasteiger partial charge < -0.3 is 13.7 Å². The Labute approximate surface area is 438 Å². The third-order valence-electron chi connectivity index (χ3n) is 17.0. The van der Waals surface area contributed by atoms with Crippen molar-refractivity contribution in [3.63, 3.8) is 0 Å². The summed E-state index contributed by atoms with van der Waals surface area (Å²) in [5.74, 6) is 2.04. The van der Waals surface area contributed by atoms with Gasteiger partial charge in [0.1, 0.15) is 11.6 Å². The first-order valence-corrected chi connectivity index (χ1v) is 26.3. The van der Waals surface area contributed by atoms with Crippen molar-refractivity contribution in [1.82, 2.24) is 28.7 Å². The van der Waals surface area contributed by atoms with Gasteiger partial charge in [-0.25, -0.2) is 15.0 Å². The Balaban J connectivity index is 1.15. The summed E-state index contributed by atoms with van der Waals surface area (Å²) < 4.78 is 7.47. The maximum absolute atomic E-state index is 5.05. The fourth-order valence-electron chi connectivity index (χ4n) is 12.6. The molecule has 0 spiro atoms. The number of hydrogen-bond donors (Lipinski definition) is 0. The van der Waals surface area contributed by atoms with E-state index < -0.39 is 0 Å². The van der Waals surface area contributed by atoms with E-state index in [1.165, 1.54) is 121 Å². The molecule has 75 heavy (non-hydrogen) atoms. The number of aromatic nitrogens is 6. The zero-order chi connectivity index (χ0) is 51.9. The van der Waals surface area contributed by atoms with Crippen molar-refractivity contribution in [3.05, 3.63) is 213 Å². The van der Waals surface area contributed by atoms with Gasteiger partial charge in [0, 0.05) is 60.4 Å². The molecule has 0 aliphatic carbocycles.